The first-order valence-electron chi connectivity index (χ1n) is 8.27. The van der Waals surface area contributed by atoms with Gasteiger partial charge < -0.3 is 14.6 Å². The van der Waals surface area contributed by atoms with Crippen molar-refractivity contribution in [1.29, 1.82) is 0 Å². The Kier molecular flexibility index (Phi) is 4.99. The second kappa shape index (κ2) is 7.34. The van der Waals surface area contributed by atoms with E-state index in [0.29, 0.717) is 12.5 Å². The van der Waals surface area contributed by atoms with E-state index in [9.17, 15) is 4.79 Å². The van der Waals surface area contributed by atoms with Crippen LogP contribution in [0.2, 0.25) is 0 Å². The third-order valence-corrected chi connectivity index (χ3v) is 4.52. The molecule has 1 aliphatic carbocycles. The number of H-pyrrole nitrogens is 1. The highest BCUT2D eigenvalue weighted by Gasteiger charge is 2.33. The molecule has 0 radical (unpaired) electrons. The lowest BCUT2D eigenvalue weighted by Gasteiger charge is -2.28. The van der Waals surface area contributed by atoms with E-state index < -0.39 is 0 Å². The van der Waals surface area contributed by atoms with E-state index in [-0.39, 0.29) is 11.9 Å². The molecule has 0 saturated heterocycles. The number of carbonyl (C=O) groups is 1. The molecular formula is C19H23N3O2. The molecule has 2 aromatic rings. The van der Waals surface area contributed by atoms with Gasteiger partial charge in [-0.1, -0.05) is 12.1 Å². The second-order valence-electron chi connectivity index (χ2n) is 6.23. The lowest BCUT2D eigenvalue weighted by molar-refractivity contribution is -0.129. The first-order chi connectivity index (χ1) is 11.7. The molecular weight excluding hydrogens is 302 g/mol. The van der Waals surface area contributed by atoms with Crippen molar-refractivity contribution >= 4 is 12.0 Å². The Labute approximate surface area is 142 Å². The van der Waals surface area contributed by atoms with Gasteiger partial charge in [-0.25, -0.2) is 4.98 Å². The molecule has 1 fully saturated rings. The quantitative estimate of drug-likeness (QED) is 0.795. The third-order valence-electron chi connectivity index (χ3n) is 4.52. The maximum atomic E-state index is 12.7. The summed E-state index contributed by atoms with van der Waals surface area (Å²) in [6.45, 7) is 2.75. The Morgan fingerprint density at radius 2 is 2.17 bits per heavy atom. The average Bonchev–Trinajstić information content (AvgIpc) is 3.33. The molecule has 1 N–H and O–H groups in total. The number of rotatable bonds is 7. The van der Waals surface area contributed by atoms with Crippen molar-refractivity contribution in [1.82, 2.24) is 14.9 Å². The van der Waals surface area contributed by atoms with Gasteiger partial charge in [-0.2, -0.15) is 0 Å². The molecule has 5 heteroatoms. The van der Waals surface area contributed by atoms with E-state index in [1.54, 1.807) is 31.8 Å². The fourth-order valence-electron chi connectivity index (χ4n) is 2.80. The summed E-state index contributed by atoms with van der Waals surface area (Å²) in [5.74, 6) is 1.47. The highest BCUT2D eigenvalue weighted by atomic mass is 16.5. The highest BCUT2D eigenvalue weighted by molar-refractivity contribution is 5.91. The van der Waals surface area contributed by atoms with Crippen LogP contribution in [0.15, 0.2) is 42.9 Å². The summed E-state index contributed by atoms with van der Waals surface area (Å²) >= 11 is 0. The van der Waals surface area contributed by atoms with Crippen LogP contribution in [0.3, 0.4) is 0 Å². The van der Waals surface area contributed by atoms with Gasteiger partial charge in [-0.05, 0) is 49.5 Å². The SMILES string of the molecule is COc1ccc(CN(C(=O)/C=C\c2cnc[nH]2)C(C)C2CC2)cc1. The minimum absolute atomic E-state index is 0.0276. The van der Waals surface area contributed by atoms with Crippen molar-refractivity contribution in [2.45, 2.75) is 32.4 Å². The Balaban J connectivity index is 1.73. The molecule has 0 spiro atoms. The van der Waals surface area contributed by atoms with Crippen LogP contribution in [0, 0.1) is 5.92 Å². The largest absolute Gasteiger partial charge is 0.497 e. The van der Waals surface area contributed by atoms with Crippen molar-refractivity contribution in [3.63, 3.8) is 0 Å². The molecule has 1 heterocycles. The number of imidazole rings is 1. The molecule has 3 rings (SSSR count). The summed E-state index contributed by atoms with van der Waals surface area (Å²) in [6.07, 6.45) is 9.11. The lowest BCUT2D eigenvalue weighted by Crippen LogP contribution is -2.38. The predicted molar refractivity (Wildman–Crippen MR) is 93.4 cm³/mol. The molecule has 1 aromatic heterocycles. The molecule has 0 bridgehead atoms. The van der Waals surface area contributed by atoms with Crippen LogP contribution >= 0.6 is 0 Å². The first-order valence-corrected chi connectivity index (χ1v) is 8.27. The number of aromatic nitrogens is 2. The van der Waals surface area contributed by atoms with Crippen LogP contribution in [0.25, 0.3) is 6.08 Å². The zero-order chi connectivity index (χ0) is 16.9. The van der Waals surface area contributed by atoms with Gasteiger partial charge >= 0.3 is 0 Å². The number of amides is 1. The van der Waals surface area contributed by atoms with Crippen molar-refractivity contribution in [3.8, 4) is 5.75 Å². The van der Waals surface area contributed by atoms with Crippen molar-refractivity contribution in [2.75, 3.05) is 7.11 Å². The Bertz CT molecular complexity index is 688. The molecule has 0 aliphatic heterocycles. The number of carbonyl (C=O) groups excluding carboxylic acids is 1. The Hall–Kier alpha value is -2.56. The summed E-state index contributed by atoms with van der Waals surface area (Å²) in [6, 6.07) is 8.13. The molecule has 1 unspecified atom stereocenters. The number of hydrogen-bond acceptors (Lipinski definition) is 3. The van der Waals surface area contributed by atoms with Gasteiger partial charge in [0.25, 0.3) is 0 Å². The van der Waals surface area contributed by atoms with E-state index in [1.807, 2.05) is 29.2 Å². The van der Waals surface area contributed by atoms with Gasteiger partial charge in [0.15, 0.2) is 0 Å². The smallest absolute Gasteiger partial charge is 0.247 e. The molecule has 24 heavy (non-hydrogen) atoms. The van der Waals surface area contributed by atoms with Gasteiger partial charge in [-0.15, -0.1) is 0 Å². The predicted octanol–water partition coefficient (Wildman–Crippen LogP) is 3.26. The lowest BCUT2D eigenvalue weighted by atomic mass is 10.1. The van der Waals surface area contributed by atoms with Crippen LogP contribution in [0.4, 0.5) is 0 Å². The zero-order valence-corrected chi connectivity index (χ0v) is 14.1. The van der Waals surface area contributed by atoms with E-state index in [4.69, 9.17) is 4.74 Å². The van der Waals surface area contributed by atoms with Crippen molar-refractivity contribution in [2.24, 2.45) is 5.92 Å². The average molecular weight is 325 g/mol. The zero-order valence-electron chi connectivity index (χ0n) is 14.1. The minimum Gasteiger partial charge on any atom is -0.497 e. The summed E-state index contributed by atoms with van der Waals surface area (Å²) in [7, 11) is 1.65. The summed E-state index contributed by atoms with van der Waals surface area (Å²) in [4.78, 5) is 21.6. The third kappa shape index (κ3) is 4.04. The highest BCUT2D eigenvalue weighted by Crippen LogP contribution is 2.35. The summed E-state index contributed by atoms with van der Waals surface area (Å²) in [5.41, 5.74) is 1.93. The molecule has 1 aromatic carbocycles. The van der Waals surface area contributed by atoms with Gasteiger partial charge in [0.05, 0.1) is 25.3 Å². The molecule has 1 atom stereocenters. The maximum Gasteiger partial charge on any atom is 0.247 e. The van der Waals surface area contributed by atoms with Crippen LogP contribution in [0.1, 0.15) is 31.0 Å². The summed E-state index contributed by atoms with van der Waals surface area (Å²) in [5, 5.41) is 0. The normalized spacial score (nSPS) is 15.4. The van der Waals surface area contributed by atoms with E-state index in [2.05, 4.69) is 16.9 Å². The fourth-order valence-corrected chi connectivity index (χ4v) is 2.80. The number of methoxy groups -OCH3 is 1. The van der Waals surface area contributed by atoms with Gasteiger partial charge in [-0.3, -0.25) is 4.79 Å². The summed E-state index contributed by atoms with van der Waals surface area (Å²) < 4.78 is 5.20. The number of hydrogen-bond donors (Lipinski definition) is 1. The first kappa shape index (κ1) is 16.3. The molecule has 1 amide bonds. The Morgan fingerprint density at radius 1 is 1.42 bits per heavy atom. The van der Waals surface area contributed by atoms with E-state index >= 15 is 0 Å². The molecule has 126 valence electrons. The van der Waals surface area contributed by atoms with Gasteiger partial charge in [0, 0.05) is 18.7 Å². The Morgan fingerprint density at radius 3 is 2.75 bits per heavy atom. The van der Waals surface area contributed by atoms with Crippen molar-refractivity contribution in [3.05, 3.63) is 54.1 Å². The monoisotopic (exact) mass is 325 g/mol. The molecule has 5 nitrogen and oxygen atoms in total. The van der Waals surface area contributed by atoms with Gasteiger partial charge in [0.2, 0.25) is 5.91 Å². The standard InChI is InChI=1S/C19H23N3O2/c1-14(16-5-6-16)22(12-15-3-8-18(24-2)9-4-15)19(23)10-7-17-11-20-13-21-17/h3-4,7-11,13-14,16H,5-6,12H2,1-2H3,(H,20,21)/b10-7-. The van der Waals surface area contributed by atoms with Crippen LogP contribution in [-0.2, 0) is 11.3 Å². The van der Waals surface area contributed by atoms with Crippen LogP contribution in [-0.4, -0.2) is 33.9 Å². The molecule has 1 aliphatic rings. The van der Waals surface area contributed by atoms with Crippen LogP contribution in [0.5, 0.6) is 5.75 Å². The van der Waals surface area contributed by atoms with E-state index in [1.165, 1.54) is 12.8 Å². The number of nitrogens with one attached hydrogen (secondary N) is 1. The molecule has 1 saturated carbocycles. The fraction of sp³-hybridized carbons (Fsp3) is 0.368. The number of benzene rings is 1. The second-order valence-corrected chi connectivity index (χ2v) is 6.23. The minimum atomic E-state index is 0.0276. The topological polar surface area (TPSA) is 58.2 Å². The van der Waals surface area contributed by atoms with Gasteiger partial charge in [0.1, 0.15) is 5.75 Å². The number of nitrogens with zero attached hydrogens (tertiary/aromatic N) is 2. The number of ether oxygens (including phenoxy) is 1. The maximum absolute atomic E-state index is 12.7. The van der Waals surface area contributed by atoms with E-state index in [0.717, 1.165) is 17.0 Å². The van der Waals surface area contributed by atoms with Crippen molar-refractivity contribution < 1.29 is 9.53 Å². The van der Waals surface area contributed by atoms with Crippen LogP contribution < -0.4 is 4.74 Å². The number of aromatic amines is 1.